The maximum Gasteiger partial charge on any atom is 0.213 e. The average Bonchev–Trinajstić information content (AvgIpc) is 2.92. The molecule has 2 rings (SSSR count). The fourth-order valence-corrected chi connectivity index (χ4v) is 1.65. The SMILES string of the molecule is CCCNc1ncnc(NCCc2ncon2)c1C. The van der Waals surface area contributed by atoms with E-state index < -0.39 is 0 Å². The zero-order valence-corrected chi connectivity index (χ0v) is 11.2. The topological polar surface area (TPSA) is 88.8 Å². The fourth-order valence-electron chi connectivity index (χ4n) is 1.65. The molecular weight excluding hydrogens is 244 g/mol. The molecule has 2 heterocycles. The lowest BCUT2D eigenvalue weighted by Gasteiger charge is -2.11. The van der Waals surface area contributed by atoms with Crippen molar-refractivity contribution >= 4 is 11.6 Å². The zero-order chi connectivity index (χ0) is 13.5. The first kappa shape index (κ1) is 13.3. The van der Waals surface area contributed by atoms with Crippen LogP contribution in [0.4, 0.5) is 11.6 Å². The minimum atomic E-state index is 0.684. The van der Waals surface area contributed by atoms with Crippen LogP contribution in [-0.4, -0.2) is 33.2 Å². The molecule has 0 saturated heterocycles. The van der Waals surface area contributed by atoms with Gasteiger partial charge in [-0.3, -0.25) is 0 Å². The standard InChI is InChI=1S/C12H18N6O/c1-3-5-13-11-9(2)12(16-7-15-11)14-6-4-10-17-8-19-18-10/h7-8H,3-6H2,1-2H3,(H2,13,14,15,16). The van der Waals surface area contributed by atoms with Gasteiger partial charge in [-0.2, -0.15) is 4.98 Å². The highest BCUT2D eigenvalue weighted by atomic mass is 16.5. The molecule has 0 aliphatic heterocycles. The Morgan fingerprint density at radius 1 is 1.11 bits per heavy atom. The number of nitrogens with one attached hydrogen (secondary N) is 2. The van der Waals surface area contributed by atoms with Crippen molar-refractivity contribution in [3.8, 4) is 0 Å². The van der Waals surface area contributed by atoms with Crippen molar-refractivity contribution in [1.29, 1.82) is 0 Å². The molecule has 0 saturated carbocycles. The summed E-state index contributed by atoms with van der Waals surface area (Å²) < 4.78 is 4.68. The summed E-state index contributed by atoms with van der Waals surface area (Å²) in [4.78, 5) is 12.4. The maximum absolute atomic E-state index is 4.68. The molecule has 0 bridgehead atoms. The van der Waals surface area contributed by atoms with Gasteiger partial charge in [-0.15, -0.1) is 0 Å². The van der Waals surface area contributed by atoms with Gasteiger partial charge in [0.25, 0.3) is 0 Å². The molecule has 0 aromatic carbocycles. The van der Waals surface area contributed by atoms with Crippen molar-refractivity contribution in [3.63, 3.8) is 0 Å². The van der Waals surface area contributed by atoms with E-state index in [4.69, 9.17) is 0 Å². The summed E-state index contributed by atoms with van der Waals surface area (Å²) in [5.74, 6) is 2.39. The Morgan fingerprint density at radius 2 is 1.84 bits per heavy atom. The van der Waals surface area contributed by atoms with Gasteiger partial charge in [0.2, 0.25) is 6.39 Å². The first-order valence-electron chi connectivity index (χ1n) is 6.36. The van der Waals surface area contributed by atoms with Crippen molar-refractivity contribution < 1.29 is 4.52 Å². The van der Waals surface area contributed by atoms with Crippen molar-refractivity contribution in [2.75, 3.05) is 23.7 Å². The fraction of sp³-hybridized carbons (Fsp3) is 0.500. The smallest absolute Gasteiger partial charge is 0.213 e. The van der Waals surface area contributed by atoms with Crippen LogP contribution < -0.4 is 10.6 Å². The Balaban J connectivity index is 1.92. The average molecular weight is 262 g/mol. The van der Waals surface area contributed by atoms with E-state index >= 15 is 0 Å². The lowest BCUT2D eigenvalue weighted by molar-refractivity contribution is 0.410. The van der Waals surface area contributed by atoms with E-state index in [1.165, 1.54) is 6.39 Å². The van der Waals surface area contributed by atoms with Crippen LogP contribution in [0.3, 0.4) is 0 Å². The van der Waals surface area contributed by atoms with Gasteiger partial charge in [-0.25, -0.2) is 9.97 Å². The van der Waals surface area contributed by atoms with Crippen molar-refractivity contribution in [2.45, 2.75) is 26.7 Å². The number of rotatable bonds is 7. The normalized spacial score (nSPS) is 10.4. The van der Waals surface area contributed by atoms with E-state index in [2.05, 4.69) is 42.2 Å². The third-order valence-corrected chi connectivity index (χ3v) is 2.67. The van der Waals surface area contributed by atoms with Gasteiger partial charge in [0, 0.05) is 25.1 Å². The number of hydrogen-bond acceptors (Lipinski definition) is 7. The third-order valence-electron chi connectivity index (χ3n) is 2.67. The highest BCUT2D eigenvalue weighted by Crippen LogP contribution is 2.17. The Morgan fingerprint density at radius 3 is 2.47 bits per heavy atom. The number of nitrogens with zero attached hydrogens (tertiary/aromatic N) is 4. The summed E-state index contributed by atoms with van der Waals surface area (Å²) in [6, 6.07) is 0. The van der Waals surface area contributed by atoms with E-state index in [9.17, 15) is 0 Å². The van der Waals surface area contributed by atoms with Crippen LogP contribution in [0.2, 0.25) is 0 Å². The van der Waals surface area contributed by atoms with Gasteiger partial charge in [0.15, 0.2) is 5.82 Å². The molecular formula is C12H18N6O. The Labute approximate surface area is 111 Å². The van der Waals surface area contributed by atoms with Gasteiger partial charge in [-0.1, -0.05) is 12.1 Å². The summed E-state index contributed by atoms with van der Waals surface area (Å²) in [7, 11) is 0. The van der Waals surface area contributed by atoms with E-state index in [0.717, 1.165) is 30.2 Å². The van der Waals surface area contributed by atoms with Crippen molar-refractivity contribution in [3.05, 3.63) is 24.1 Å². The molecule has 0 atom stereocenters. The molecule has 0 radical (unpaired) electrons. The van der Waals surface area contributed by atoms with Crippen LogP contribution in [0, 0.1) is 6.92 Å². The predicted molar refractivity (Wildman–Crippen MR) is 72.0 cm³/mol. The Hall–Kier alpha value is -2.18. The first-order chi connectivity index (χ1) is 9.31. The van der Waals surface area contributed by atoms with Crippen LogP contribution in [0.25, 0.3) is 0 Å². The number of aromatic nitrogens is 4. The summed E-state index contributed by atoms with van der Waals surface area (Å²) >= 11 is 0. The lowest BCUT2D eigenvalue weighted by atomic mass is 10.3. The number of hydrogen-bond donors (Lipinski definition) is 2. The lowest BCUT2D eigenvalue weighted by Crippen LogP contribution is -2.11. The van der Waals surface area contributed by atoms with Gasteiger partial charge >= 0.3 is 0 Å². The molecule has 7 nitrogen and oxygen atoms in total. The Kier molecular flexibility index (Phi) is 4.66. The minimum Gasteiger partial charge on any atom is -0.370 e. The summed E-state index contributed by atoms with van der Waals surface area (Å²) in [5, 5.41) is 10.3. The van der Waals surface area contributed by atoms with Crippen molar-refractivity contribution in [1.82, 2.24) is 20.1 Å². The van der Waals surface area contributed by atoms with Crippen LogP contribution in [-0.2, 0) is 6.42 Å². The quantitative estimate of drug-likeness (QED) is 0.784. The van der Waals surface area contributed by atoms with Crippen LogP contribution in [0.1, 0.15) is 24.7 Å². The molecule has 0 amide bonds. The third kappa shape index (κ3) is 3.64. The second-order valence-corrected chi connectivity index (χ2v) is 4.15. The Bertz CT molecular complexity index is 499. The first-order valence-corrected chi connectivity index (χ1v) is 6.36. The van der Waals surface area contributed by atoms with Gasteiger partial charge in [-0.05, 0) is 13.3 Å². The zero-order valence-electron chi connectivity index (χ0n) is 11.2. The highest BCUT2D eigenvalue weighted by molar-refractivity contribution is 5.56. The van der Waals surface area contributed by atoms with Crippen LogP contribution >= 0.6 is 0 Å². The highest BCUT2D eigenvalue weighted by Gasteiger charge is 2.06. The molecule has 2 N–H and O–H groups in total. The molecule has 0 unspecified atom stereocenters. The van der Waals surface area contributed by atoms with Crippen LogP contribution in [0.15, 0.2) is 17.2 Å². The van der Waals surface area contributed by atoms with E-state index in [0.29, 0.717) is 18.8 Å². The maximum atomic E-state index is 4.68. The molecule has 2 aromatic rings. The molecule has 2 aromatic heterocycles. The summed E-state index contributed by atoms with van der Waals surface area (Å²) in [6.45, 7) is 5.72. The molecule has 7 heteroatoms. The molecule has 0 fully saturated rings. The molecule has 0 spiro atoms. The molecule has 102 valence electrons. The summed E-state index contributed by atoms with van der Waals surface area (Å²) in [6.07, 6.45) is 4.64. The molecule has 0 aliphatic carbocycles. The predicted octanol–water partition coefficient (Wildman–Crippen LogP) is 1.64. The van der Waals surface area contributed by atoms with E-state index in [-0.39, 0.29) is 0 Å². The summed E-state index contributed by atoms with van der Waals surface area (Å²) in [5.41, 5.74) is 1.02. The van der Waals surface area contributed by atoms with E-state index in [1.807, 2.05) is 6.92 Å². The second kappa shape index (κ2) is 6.67. The minimum absolute atomic E-state index is 0.684. The van der Waals surface area contributed by atoms with Crippen molar-refractivity contribution in [2.24, 2.45) is 0 Å². The number of anilines is 2. The van der Waals surface area contributed by atoms with Gasteiger partial charge in [0.05, 0.1) is 0 Å². The van der Waals surface area contributed by atoms with Gasteiger partial charge < -0.3 is 15.2 Å². The molecule has 19 heavy (non-hydrogen) atoms. The largest absolute Gasteiger partial charge is 0.370 e. The second-order valence-electron chi connectivity index (χ2n) is 4.15. The molecule has 0 aliphatic rings. The monoisotopic (exact) mass is 262 g/mol. The van der Waals surface area contributed by atoms with Gasteiger partial charge in [0.1, 0.15) is 18.0 Å². The van der Waals surface area contributed by atoms with Crippen LogP contribution in [0.5, 0.6) is 0 Å². The van der Waals surface area contributed by atoms with E-state index in [1.54, 1.807) is 6.33 Å².